The molecule has 0 aliphatic heterocycles. The molecule has 17 heavy (non-hydrogen) atoms. The van der Waals surface area contributed by atoms with Gasteiger partial charge in [0.25, 0.3) is 0 Å². The number of benzene rings is 1. The van der Waals surface area contributed by atoms with Gasteiger partial charge in [0.1, 0.15) is 0 Å². The second kappa shape index (κ2) is 4.53. The fourth-order valence-electron chi connectivity index (χ4n) is 2.05. The second-order valence-corrected chi connectivity index (χ2v) is 4.14. The maximum absolute atomic E-state index is 11.2. The monoisotopic (exact) mass is 228 g/mol. The summed E-state index contributed by atoms with van der Waals surface area (Å²) in [4.78, 5) is 15.6. The zero-order valence-corrected chi connectivity index (χ0v) is 10.4. The van der Waals surface area contributed by atoms with Gasteiger partial charge in [-0.1, -0.05) is 19.1 Å². The molecule has 0 aliphatic carbocycles. The summed E-state index contributed by atoms with van der Waals surface area (Å²) in [6, 6.07) is 6.04. The summed E-state index contributed by atoms with van der Waals surface area (Å²) >= 11 is 0. The van der Waals surface area contributed by atoms with Gasteiger partial charge in [-0.15, -0.1) is 0 Å². The Bertz CT molecular complexity index is 576. The van der Waals surface area contributed by atoms with Crippen LogP contribution in [0.2, 0.25) is 0 Å². The van der Waals surface area contributed by atoms with Crippen molar-refractivity contribution in [1.82, 2.24) is 4.98 Å². The average molecular weight is 228 g/mol. The zero-order chi connectivity index (χ0) is 12.4. The molecule has 2 rings (SSSR count). The third-order valence-electron chi connectivity index (χ3n) is 2.87. The largest absolute Gasteiger partial charge is 0.326 e. The number of nitrogens with zero attached hydrogens (tertiary/aromatic N) is 1. The van der Waals surface area contributed by atoms with Crippen LogP contribution in [0.5, 0.6) is 0 Å². The Balaban J connectivity index is 2.72. The van der Waals surface area contributed by atoms with Crippen molar-refractivity contribution in [1.29, 1.82) is 0 Å². The smallest absolute Gasteiger partial charge is 0.221 e. The number of rotatable bonds is 2. The first-order valence-corrected chi connectivity index (χ1v) is 5.78. The number of anilines is 1. The number of hydrogen-bond acceptors (Lipinski definition) is 2. The highest BCUT2D eigenvalue weighted by Gasteiger charge is 2.08. The highest BCUT2D eigenvalue weighted by Crippen LogP contribution is 2.28. The molecule has 0 fully saturated rings. The van der Waals surface area contributed by atoms with E-state index in [4.69, 9.17) is 0 Å². The average Bonchev–Trinajstić information content (AvgIpc) is 2.31. The summed E-state index contributed by atoms with van der Waals surface area (Å²) in [5.74, 6) is -0.0459. The SMILES string of the molecule is CCc1nccc2c(NC(C)=O)c(C)ccc12. The van der Waals surface area contributed by atoms with Crippen LogP contribution >= 0.6 is 0 Å². The summed E-state index contributed by atoms with van der Waals surface area (Å²) in [5.41, 5.74) is 3.03. The van der Waals surface area contributed by atoms with Crippen LogP contribution in [0.25, 0.3) is 10.8 Å². The molecule has 88 valence electrons. The molecular weight excluding hydrogens is 212 g/mol. The third-order valence-corrected chi connectivity index (χ3v) is 2.87. The van der Waals surface area contributed by atoms with Crippen molar-refractivity contribution in [2.75, 3.05) is 5.32 Å². The number of fused-ring (bicyclic) bond motifs is 1. The van der Waals surface area contributed by atoms with Crippen LogP contribution in [0.1, 0.15) is 25.1 Å². The van der Waals surface area contributed by atoms with E-state index in [0.717, 1.165) is 34.1 Å². The fraction of sp³-hybridized carbons (Fsp3) is 0.286. The number of aromatic nitrogens is 1. The van der Waals surface area contributed by atoms with Crippen LogP contribution in [0.4, 0.5) is 5.69 Å². The van der Waals surface area contributed by atoms with Crippen LogP contribution < -0.4 is 5.32 Å². The lowest BCUT2D eigenvalue weighted by molar-refractivity contribution is -0.114. The van der Waals surface area contributed by atoms with Crippen molar-refractivity contribution >= 4 is 22.4 Å². The molecule has 0 radical (unpaired) electrons. The van der Waals surface area contributed by atoms with E-state index in [-0.39, 0.29) is 5.91 Å². The number of aryl methyl sites for hydroxylation is 2. The summed E-state index contributed by atoms with van der Waals surface area (Å²) in [5, 5.41) is 5.08. The van der Waals surface area contributed by atoms with Crippen molar-refractivity contribution in [2.24, 2.45) is 0 Å². The van der Waals surface area contributed by atoms with Crippen LogP contribution in [-0.4, -0.2) is 10.9 Å². The van der Waals surface area contributed by atoms with Gasteiger partial charge in [0.2, 0.25) is 5.91 Å². The van der Waals surface area contributed by atoms with E-state index in [0.29, 0.717) is 0 Å². The lowest BCUT2D eigenvalue weighted by atomic mass is 10.0. The van der Waals surface area contributed by atoms with Gasteiger partial charge < -0.3 is 5.32 Å². The number of hydrogen-bond donors (Lipinski definition) is 1. The van der Waals surface area contributed by atoms with Gasteiger partial charge in [0, 0.05) is 29.6 Å². The Labute approximate surface area is 101 Å². The van der Waals surface area contributed by atoms with Crippen molar-refractivity contribution in [3.63, 3.8) is 0 Å². The maximum Gasteiger partial charge on any atom is 0.221 e. The molecule has 1 heterocycles. The number of carbonyl (C=O) groups is 1. The molecule has 2 aromatic rings. The number of nitrogens with one attached hydrogen (secondary N) is 1. The highest BCUT2D eigenvalue weighted by molar-refractivity contribution is 6.03. The van der Waals surface area contributed by atoms with E-state index in [2.05, 4.69) is 23.3 Å². The Hall–Kier alpha value is -1.90. The normalized spacial score (nSPS) is 10.5. The predicted octanol–water partition coefficient (Wildman–Crippen LogP) is 3.06. The molecular formula is C14H16N2O. The number of carbonyl (C=O) groups excluding carboxylic acids is 1. The zero-order valence-electron chi connectivity index (χ0n) is 10.4. The summed E-state index contributed by atoms with van der Waals surface area (Å²) in [6.45, 7) is 5.61. The lowest BCUT2D eigenvalue weighted by Crippen LogP contribution is -2.08. The molecule has 0 bridgehead atoms. The predicted molar refractivity (Wildman–Crippen MR) is 70.2 cm³/mol. The Morgan fingerprint density at radius 1 is 1.29 bits per heavy atom. The maximum atomic E-state index is 11.2. The molecule has 0 aliphatic rings. The Kier molecular flexibility index (Phi) is 3.09. The standard InChI is InChI=1S/C14H16N2O/c1-4-13-11-6-5-9(2)14(16-10(3)17)12(11)7-8-15-13/h5-8H,4H2,1-3H3,(H,16,17). The van der Waals surface area contributed by atoms with Crippen molar-refractivity contribution in [3.8, 4) is 0 Å². The van der Waals surface area contributed by atoms with Crippen LogP contribution in [0.15, 0.2) is 24.4 Å². The third kappa shape index (κ3) is 2.13. The van der Waals surface area contributed by atoms with Crippen molar-refractivity contribution < 1.29 is 4.79 Å². The summed E-state index contributed by atoms with van der Waals surface area (Å²) < 4.78 is 0. The second-order valence-electron chi connectivity index (χ2n) is 4.14. The molecule has 0 saturated heterocycles. The minimum atomic E-state index is -0.0459. The van der Waals surface area contributed by atoms with Gasteiger partial charge >= 0.3 is 0 Å². The first kappa shape index (κ1) is 11.6. The first-order valence-electron chi connectivity index (χ1n) is 5.78. The van der Waals surface area contributed by atoms with Crippen LogP contribution in [-0.2, 0) is 11.2 Å². The lowest BCUT2D eigenvalue weighted by Gasteiger charge is -2.12. The molecule has 0 unspecified atom stereocenters. The van der Waals surface area contributed by atoms with Gasteiger partial charge in [0.05, 0.1) is 5.69 Å². The van der Waals surface area contributed by atoms with E-state index < -0.39 is 0 Å². The van der Waals surface area contributed by atoms with E-state index >= 15 is 0 Å². The molecule has 1 aromatic heterocycles. The first-order chi connectivity index (χ1) is 8.13. The molecule has 1 amide bonds. The minimum Gasteiger partial charge on any atom is -0.326 e. The Morgan fingerprint density at radius 3 is 2.71 bits per heavy atom. The van der Waals surface area contributed by atoms with Gasteiger partial charge in [-0.05, 0) is 25.0 Å². The van der Waals surface area contributed by atoms with E-state index in [1.54, 1.807) is 6.20 Å². The van der Waals surface area contributed by atoms with Crippen LogP contribution in [0, 0.1) is 6.92 Å². The quantitative estimate of drug-likeness (QED) is 0.858. The summed E-state index contributed by atoms with van der Waals surface area (Å²) in [7, 11) is 0. The molecule has 3 nitrogen and oxygen atoms in total. The van der Waals surface area contributed by atoms with Crippen LogP contribution in [0.3, 0.4) is 0 Å². The molecule has 0 atom stereocenters. The fourth-order valence-corrected chi connectivity index (χ4v) is 2.05. The van der Waals surface area contributed by atoms with E-state index in [1.807, 2.05) is 19.1 Å². The van der Waals surface area contributed by atoms with Gasteiger partial charge in [0.15, 0.2) is 0 Å². The minimum absolute atomic E-state index is 0.0459. The van der Waals surface area contributed by atoms with Gasteiger partial charge in [-0.25, -0.2) is 0 Å². The topological polar surface area (TPSA) is 42.0 Å². The van der Waals surface area contributed by atoms with E-state index in [1.165, 1.54) is 6.92 Å². The molecule has 0 saturated carbocycles. The molecule has 0 spiro atoms. The molecule has 3 heteroatoms. The van der Waals surface area contributed by atoms with Gasteiger partial charge in [-0.3, -0.25) is 9.78 Å². The summed E-state index contributed by atoms with van der Waals surface area (Å²) in [6.07, 6.45) is 2.69. The van der Waals surface area contributed by atoms with E-state index in [9.17, 15) is 4.79 Å². The number of pyridine rings is 1. The molecule has 1 N–H and O–H groups in total. The highest BCUT2D eigenvalue weighted by atomic mass is 16.1. The molecule has 1 aromatic carbocycles. The van der Waals surface area contributed by atoms with Crippen molar-refractivity contribution in [3.05, 3.63) is 35.7 Å². The number of amides is 1. The Morgan fingerprint density at radius 2 is 2.06 bits per heavy atom. The van der Waals surface area contributed by atoms with Crippen molar-refractivity contribution in [2.45, 2.75) is 27.2 Å². The van der Waals surface area contributed by atoms with Gasteiger partial charge in [-0.2, -0.15) is 0 Å².